The molecule has 0 atom stereocenters. The molecular formula is C16H11Br2ClN2. The second-order valence-electron chi connectivity index (χ2n) is 4.58. The van der Waals surface area contributed by atoms with E-state index < -0.39 is 0 Å². The second-order valence-corrected chi connectivity index (χ2v) is 6.73. The average molecular weight is 427 g/mol. The fourth-order valence-electron chi connectivity index (χ4n) is 2.16. The lowest BCUT2D eigenvalue weighted by Crippen LogP contribution is -2.01. The van der Waals surface area contributed by atoms with Crippen LogP contribution in [0, 0.1) is 0 Å². The number of nitrogens with zero attached hydrogens (tertiary/aromatic N) is 1. The molecule has 0 aliphatic carbocycles. The Kier molecular flexibility index (Phi) is 4.48. The molecule has 5 heteroatoms. The number of rotatable bonds is 3. The lowest BCUT2D eigenvalue weighted by molar-refractivity contribution is 1.15. The van der Waals surface area contributed by atoms with Gasteiger partial charge in [-0.05, 0) is 51.8 Å². The van der Waals surface area contributed by atoms with Gasteiger partial charge in [0.05, 0.1) is 11.2 Å². The first kappa shape index (κ1) is 14.8. The number of nitrogens with one attached hydrogen (secondary N) is 1. The summed E-state index contributed by atoms with van der Waals surface area (Å²) in [5.41, 5.74) is 3.10. The molecule has 0 aliphatic heterocycles. The molecule has 1 N–H and O–H groups in total. The van der Waals surface area contributed by atoms with Crippen molar-refractivity contribution >= 4 is 60.1 Å². The molecule has 2 nitrogen and oxygen atoms in total. The smallest absolute Gasteiger partial charge is 0.0763 e. The van der Waals surface area contributed by atoms with Crippen molar-refractivity contribution in [3.63, 3.8) is 0 Å². The van der Waals surface area contributed by atoms with Gasteiger partial charge in [0.2, 0.25) is 0 Å². The monoisotopic (exact) mass is 424 g/mol. The predicted molar refractivity (Wildman–Crippen MR) is 95.9 cm³/mol. The molecule has 0 radical (unpaired) electrons. The van der Waals surface area contributed by atoms with Gasteiger partial charge in [-0.15, -0.1) is 0 Å². The summed E-state index contributed by atoms with van der Waals surface area (Å²) >= 11 is 13.1. The van der Waals surface area contributed by atoms with E-state index in [1.807, 2.05) is 36.5 Å². The highest BCUT2D eigenvalue weighted by Gasteiger charge is 2.06. The minimum atomic E-state index is 0.680. The molecule has 21 heavy (non-hydrogen) atoms. The highest BCUT2D eigenvalue weighted by atomic mass is 79.9. The average Bonchev–Trinajstić information content (AvgIpc) is 2.50. The quantitative estimate of drug-likeness (QED) is 0.553. The zero-order valence-corrected chi connectivity index (χ0v) is 14.8. The van der Waals surface area contributed by atoms with Crippen LogP contribution in [0.1, 0.15) is 5.56 Å². The van der Waals surface area contributed by atoms with Crippen molar-refractivity contribution in [1.29, 1.82) is 0 Å². The second kappa shape index (κ2) is 6.34. The van der Waals surface area contributed by atoms with Crippen LogP contribution in [0.5, 0.6) is 0 Å². The van der Waals surface area contributed by atoms with Gasteiger partial charge < -0.3 is 5.32 Å². The van der Waals surface area contributed by atoms with Crippen LogP contribution in [-0.4, -0.2) is 4.98 Å². The summed E-state index contributed by atoms with van der Waals surface area (Å²) in [5.74, 6) is 0. The van der Waals surface area contributed by atoms with E-state index in [2.05, 4.69) is 54.3 Å². The van der Waals surface area contributed by atoms with E-state index in [9.17, 15) is 0 Å². The van der Waals surface area contributed by atoms with Crippen molar-refractivity contribution in [2.45, 2.75) is 6.54 Å². The number of hydrogen-bond donors (Lipinski definition) is 1. The minimum absolute atomic E-state index is 0.680. The van der Waals surface area contributed by atoms with Crippen LogP contribution in [0.15, 0.2) is 57.6 Å². The SMILES string of the molecule is Clc1ccc(Br)c(NCc2ccc(Br)c3cccnc23)c1. The summed E-state index contributed by atoms with van der Waals surface area (Å²) in [6.07, 6.45) is 1.81. The van der Waals surface area contributed by atoms with Crippen molar-refractivity contribution < 1.29 is 0 Å². The summed E-state index contributed by atoms with van der Waals surface area (Å²) in [6, 6.07) is 13.8. The highest BCUT2D eigenvalue weighted by molar-refractivity contribution is 9.11. The molecule has 1 aromatic heterocycles. The first-order valence-corrected chi connectivity index (χ1v) is 8.32. The van der Waals surface area contributed by atoms with E-state index >= 15 is 0 Å². The summed E-state index contributed by atoms with van der Waals surface area (Å²) < 4.78 is 2.04. The fourth-order valence-corrected chi connectivity index (χ4v) is 3.17. The zero-order valence-electron chi connectivity index (χ0n) is 10.9. The van der Waals surface area contributed by atoms with Crippen LogP contribution >= 0.6 is 43.5 Å². The number of fused-ring (bicyclic) bond motifs is 1. The largest absolute Gasteiger partial charge is 0.380 e. The van der Waals surface area contributed by atoms with Crippen LogP contribution < -0.4 is 5.32 Å². The number of benzene rings is 2. The van der Waals surface area contributed by atoms with Gasteiger partial charge >= 0.3 is 0 Å². The van der Waals surface area contributed by atoms with Gasteiger partial charge in [-0.25, -0.2) is 0 Å². The van der Waals surface area contributed by atoms with Crippen molar-refractivity contribution in [3.05, 3.63) is 68.2 Å². The van der Waals surface area contributed by atoms with E-state index in [-0.39, 0.29) is 0 Å². The third kappa shape index (κ3) is 3.23. The minimum Gasteiger partial charge on any atom is -0.380 e. The highest BCUT2D eigenvalue weighted by Crippen LogP contribution is 2.28. The summed E-state index contributed by atoms with van der Waals surface area (Å²) in [7, 11) is 0. The number of halogens is 3. The molecule has 3 aromatic rings. The van der Waals surface area contributed by atoms with Crippen LogP contribution in [0.3, 0.4) is 0 Å². The molecular weight excluding hydrogens is 415 g/mol. The van der Waals surface area contributed by atoms with Crippen molar-refractivity contribution in [3.8, 4) is 0 Å². The Balaban J connectivity index is 1.92. The van der Waals surface area contributed by atoms with E-state index in [4.69, 9.17) is 11.6 Å². The molecule has 3 rings (SSSR count). The maximum atomic E-state index is 6.04. The molecule has 1 heterocycles. The molecule has 0 saturated heterocycles. The molecule has 0 aliphatic rings. The molecule has 0 bridgehead atoms. The number of pyridine rings is 1. The Labute approximate surface area is 144 Å². The molecule has 2 aromatic carbocycles. The first-order valence-electron chi connectivity index (χ1n) is 6.36. The molecule has 0 spiro atoms. The van der Waals surface area contributed by atoms with Gasteiger partial charge in [0.15, 0.2) is 0 Å². The molecule has 106 valence electrons. The van der Waals surface area contributed by atoms with Crippen LogP contribution in [-0.2, 0) is 6.54 Å². The number of aromatic nitrogens is 1. The van der Waals surface area contributed by atoms with Crippen molar-refractivity contribution in [2.75, 3.05) is 5.32 Å². The third-order valence-electron chi connectivity index (χ3n) is 3.20. The Morgan fingerprint density at radius 1 is 1.05 bits per heavy atom. The standard InChI is InChI=1S/C16H11Br2ClN2/c17-13-5-3-10(16-12(13)2-1-7-20-16)9-21-15-8-11(19)4-6-14(15)18/h1-8,21H,9H2. The van der Waals surface area contributed by atoms with E-state index in [0.717, 1.165) is 31.1 Å². The van der Waals surface area contributed by atoms with Crippen molar-refractivity contribution in [2.24, 2.45) is 0 Å². The van der Waals surface area contributed by atoms with Gasteiger partial charge in [0.1, 0.15) is 0 Å². The number of anilines is 1. The molecule has 0 amide bonds. The van der Waals surface area contributed by atoms with Gasteiger partial charge in [-0.2, -0.15) is 0 Å². The lowest BCUT2D eigenvalue weighted by Gasteiger charge is -2.11. The summed E-state index contributed by atoms with van der Waals surface area (Å²) in [4.78, 5) is 4.49. The zero-order chi connectivity index (χ0) is 14.8. The van der Waals surface area contributed by atoms with Crippen molar-refractivity contribution in [1.82, 2.24) is 4.98 Å². The Hall–Kier alpha value is -1.10. The van der Waals surface area contributed by atoms with Crippen LogP contribution in [0.2, 0.25) is 5.02 Å². The first-order chi connectivity index (χ1) is 10.1. The normalized spacial score (nSPS) is 10.8. The summed E-state index contributed by atoms with van der Waals surface area (Å²) in [5, 5.41) is 5.22. The van der Waals surface area contributed by atoms with E-state index in [1.165, 1.54) is 0 Å². The maximum absolute atomic E-state index is 6.04. The van der Waals surface area contributed by atoms with Gasteiger partial charge in [-0.3, -0.25) is 4.98 Å². The van der Waals surface area contributed by atoms with Gasteiger partial charge in [0.25, 0.3) is 0 Å². The summed E-state index contributed by atoms with van der Waals surface area (Å²) in [6.45, 7) is 0.680. The Bertz CT molecular complexity index is 805. The number of hydrogen-bond acceptors (Lipinski definition) is 2. The predicted octanol–water partition coefficient (Wildman–Crippen LogP) is 6.03. The van der Waals surface area contributed by atoms with Gasteiger partial charge in [0, 0.05) is 32.1 Å². The Morgan fingerprint density at radius 2 is 1.86 bits per heavy atom. The topological polar surface area (TPSA) is 24.9 Å². The lowest BCUT2D eigenvalue weighted by atomic mass is 10.1. The Morgan fingerprint density at radius 3 is 2.71 bits per heavy atom. The van der Waals surface area contributed by atoms with E-state index in [0.29, 0.717) is 11.6 Å². The molecule has 0 unspecified atom stereocenters. The molecule has 0 fully saturated rings. The maximum Gasteiger partial charge on any atom is 0.0763 e. The van der Waals surface area contributed by atoms with Crippen LogP contribution in [0.25, 0.3) is 10.9 Å². The third-order valence-corrected chi connectivity index (χ3v) is 4.82. The van der Waals surface area contributed by atoms with E-state index in [1.54, 1.807) is 0 Å². The molecule has 0 saturated carbocycles. The van der Waals surface area contributed by atoms with Crippen LogP contribution in [0.4, 0.5) is 5.69 Å². The fraction of sp³-hybridized carbons (Fsp3) is 0.0625. The van der Waals surface area contributed by atoms with Gasteiger partial charge in [-0.1, -0.05) is 39.7 Å².